The third-order valence-corrected chi connectivity index (χ3v) is 7.65. The molecule has 240 valence electrons. The van der Waals surface area contributed by atoms with Gasteiger partial charge in [0.25, 0.3) is 11.8 Å². The molecule has 4 rings (SSSR count). The standard InChI is InChI=1S/C34H31Cl4N3O5/c1-3-44-32-16-23(9-13-31(32)45-20-24-10-11-25(35)17-27(24)37)19-39-41-34(43)29(15-22-7-5-4-6-8-22)40-33(42)21(2)46-30-14-12-26(36)18-28(30)38/h4-14,16-19,21,29H,3,15,20H2,1-2H3,(H,40,42)(H,41,43)/b39-19-/t21-,29-/m0/s1. The first kappa shape index (κ1) is 34.9. The first-order chi connectivity index (χ1) is 22.1. The second-order valence-electron chi connectivity index (χ2n) is 9.98. The average Bonchev–Trinajstić information content (AvgIpc) is 3.03. The molecule has 0 radical (unpaired) electrons. The van der Waals surface area contributed by atoms with Gasteiger partial charge in [0, 0.05) is 27.1 Å². The van der Waals surface area contributed by atoms with Crippen molar-refractivity contribution < 1.29 is 23.8 Å². The zero-order valence-electron chi connectivity index (χ0n) is 24.9. The largest absolute Gasteiger partial charge is 0.490 e. The number of nitrogens with zero attached hydrogens (tertiary/aromatic N) is 1. The number of benzene rings is 4. The van der Waals surface area contributed by atoms with Crippen molar-refractivity contribution in [3.63, 3.8) is 0 Å². The Hall–Kier alpha value is -3.95. The third kappa shape index (κ3) is 10.3. The normalized spacial score (nSPS) is 12.3. The van der Waals surface area contributed by atoms with Gasteiger partial charge >= 0.3 is 0 Å². The van der Waals surface area contributed by atoms with Gasteiger partial charge in [0.2, 0.25) is 0 Å². The van der Waals surface area contributed by atoms with Crippen molar-refractivity contribution in [1.82, 2.24) is 10.7 Å². The molecule has 46 heavy (non-hydrogen) atoms. The van der Waals surface area contributed by atoms with Gasteiger partial charge in [-0.1, -0.05) is 82.8 Å². The SMILES string of the molecule is CCOc1cc(/C=N\NC(=O)[C@H](Cc2ccccc2)NC(=O)[C@H](C)Oc2ccc(Cl)cc2Cl)ccc1OCc1ccc(Cl)cc1Cl. The topological polar surface area (TPSA) is 98.2 Å². The maximum Gasteiger partial charge on any atom is 0.262 e. The molecule has 0 fully saturated rings. The van der Waals surface area contributed by atoms with Gasteiger partial charge in [-0.25, -0.2) is 5.43 Å². The Labute approximate surface area is 287 Å². The van der Waals surface area contributed by atoms with E-state index in [1.54, 1.807) is 55.5 Å². The minimum Gasteiger partial charge on any atom is -0.490 e. The fourth-order valence-electron chi connectivity index (χ4n) is 4.20. The highest BCUT2D eigenvalue weighted by Crippen LogP contribution is 2.31. The van der Waals surface area contributed by atoms with Crippen LogP contribution in [0.5, 0.6) is 17.2 Å². The second-order valence-corrected chi connectivity index (χ2v) is 11.7. The Morgan fingerprint density at radius 3 is 2.20 bits per heavy atom. The molecule has 8 nitrogen and oxygen atoms in total. The van der Waals surface area contributed by atoms with Crippen LogP contribution < -0.4 is 25.0 Å². The summed E-state index contributed by atoms with van der Waals surface area (Å²) in [6.45, 7) is 4.04. The molecule has 0 bridgehead atoms. The lowest BCUT2D eigenvalue weighted by atomic mass is 10.1. The molecule has 0 aliphatic heterocycles. The summed E-state index contributed by atoms with van der Waals surface area (Å²) < 4.78 is 17.5. The van der Waals surface area contributed by atoms with Crippen LogP contribution in [0.15, 0.2) is 90.0 Å². The number of nitrogens with one attached hydrogen (secondary N) is 2. The number of ether oxygens (including phenoxy) is 3. The highest BCUT2D eigenvalue weighted by atomic mass is 35.5. The van der Waals surface area contributed by atoms with Crippen LogP contribution in [0.2, 0.25) is 20.1 Å². The zero-order valence-corrected chi connectivity index (χ0v) is 28.0. The molecule has 4 aromatic rings. The van der Waals surface area contributed by atoms with Crippen molar-refractivity contribution in [3.8, 4) is 17.2 Å². The van der Waals surface area contributed by atoms with E-state index in [1.807, 2.05) is 37.3 Å². The van der Waals surface area contributed by atoms with Gasteiger partial charge in [-0.05, 0) is 73.5 Å². The van der Waals surface area contributed by atoms with E-state index in [9.17, 15) is 9.59 Å². The maximum absolute atomic E-state index is 13.3. The molecule has 0 aromatic heterocycles. The van der Waals surface area contributed by atoms with Crippen LogP contribution in [0.1, 0.15) is 30.5 Å². The molecule has 0 saturated carbocycles. The van der Waals surface area contributed by atoms with E-state index in [-0.39, 0.29) is 18.1 Å². The molecule has 0 spiro atoms. The summed E-state index contributed by atoms with van der Waals surface area (Å²) in [7, 11) is 0. The monoisotopic (exact) mass is 701 g/mol. The Morgan fingerprint density at radius 2 is 1.50 bits per heavy atom. The number of rotatable bonds is 14. The molecule has 0 saturated heterocycles. The molecular weight excluding hydrogens is 672 g/mol. The fraction of sp³-hybridized carbons (Fsp3) is 0.206. The van der Waals surface area contributed by atoms with E-state index in [4.69, 9.17) is 60.6 Å². The lowest BCUT2D eigenvalue weighted by Crippen LogP contribution is -2.50. The van der Waals surface area contributed by atoms with E-state index in [0.29, 0.717) is 44.5 Å². The second kappa shape index (κ2) is 17.1. The molecule has 2 amide bonds. The summed E-state index contributed by atoms with van der Waals surface area (Å²) in [5.41, 5.74) is 4.79. The van der Waals surface area contributed by atoms with Gasteiger partial charge < -0.3 is 19.5 Å². The van der Waals surface area contributed by atoms with Crippen molar-refractivity contribution >= 4 is 64.4 Å². The highest BCUT2D eigenvalue weighted by Gasteiger charge is 2.25. The number of carbonyl (C=O) groups is 2. The van der Waals surface area contributed by atoms with Gasteiger partial charge in [0.1, 0.15) is 18.4 Å². The van der Waals surface area contributed by atoms with Crippen molar-refractivity contribution in [2.45, 2.75) is 39.0 Å². The number of amides is 2. The molecule has 4 aromatic carbocycles. The first-order valence-electron chi connectivity index (χ1n) is 14.3. The molecule has 0 aliphatic rings. The van der Waals surface area contributed by atoms with Gasteiger partial charge in [0.15, 0.2) is 17.6 Å². The van der Waals surface area contributed by atoms with Crippen molar-refractivity contribution in [2.24, 2.45) is 5.10 Å². The minimum atomic E-state index is -0.957. The van der Waals surface area contributed by atoms with Gasteiger partial charge in [0.05, 0.1) is 17.8 Å². The lowest BCUT2D eigenvalue weighted by molar-refractivity contribution is -0.132. The number of hydrogen-bond acceptors (Lipinski definition) is 6. The molecule has 0 aliphatic carbocycles. The fourth-order valence-corrected chi connectivity index (χ4v) is 5.11. The van der Waals surface area contributed by atoms with E-state index in [1.165, 1.54) is 12.3 Å². The van der Waals surface area contributed by atoms with Crippen LogP contribution in [-0.2, 0) is 22.6 Å². The molecule has 2 N–H and O–H groups in total. The number of hydrogen-bond donors (Lipinski definition) is 2. The number of hydrazone groups is 1. The Kier molecular flexibility index (Phi) is 13.0. The van der Waals surface area contributed by atoms with E-state index >= 15 is 0 Å². The highest BCUT2D eigenvalue weighted by molar-refractivity contribution is 6.35. The van der Waals surface area contributed by atoms with E-state index < -0.39 is 24.0 Å². The number of halogens is 4. The summed E-state index contributed by atoms with van der Waals surface area (Å²) in [5.74, 6) is 0.264. The molecule has 2 atom stereocenters. The van der Waals surface area contributed by atoms with Crippen LogP contribution in [-0.4, -0.2) is 36.8 Å². The predicted octanol–water partition coefficient (Wildman–Crippen LogP) is 7.92. The Morgan fingerprint density at radius 1 is 0.804 bits per heavy atom. The van der Waals surface area contributed by atoms with Gasteiger partial charge in [-0.15, -0.1) is 0 Å². The summed E-state index contributed by atoms with van der Waals surface area (Å²) in [5, 5.41) is 8.62. The summed E-state index contributed by atoms with van der Waals surface area (Å²) in [6.07, 6.45) is 0.734. The molecule has 12 heteroatoms. The van der Waals surface area contributed by atoms with Gasteiger partial charge in [-0.3, -0.25) is 9.59 Å². The predicted molar refractivity (Wildman–Crippen MR) is 183 cm³/mol. The molecular formula is C34H31Cl4N3O5. The van der Waals surface area contributed by atoms with Crippen LogP contribution in [0.3, 0.4) is 0 Å². The van der Waals surface area contributed by atoms with Gasteiger partial charge in [-0.2, -0.15) is 5.10 Å². The van der Waals surface area contributed by atoms with Crippen LogP contribution in [0, 0.1) is 0 Å². The molecule has 0 unspecified atom stereocenters. The van der Waals surface area contributed by atoms with Crippen LogP contribution >= 0.6 is 46.4 Å². The van der Waals surface area contributed by atoms with Crippen molar-refractivity contribution in [2.75, 3.05) is 6.61 Å². The van der Waals surface area contributed by atoms with E-state index in [0.717, 1.165) is 11.1 Å². The smallest absolute Gasteiger partial charge is 0.262 e. The van der Waals surface area contributed by atoms with Crippen molar-refractivity contribution in [3.05, 3.63) is 122 Å². The third-order valence-electron chi connectivity index (χ3n) is 6.54. The van der Waals surface area contributed by atoms with E-state index in [2.05, 4.69) is 15.8 Å². The molecule has 0 heterocycles. The Bertz CT molecular complexity index is 1690. The lowest BCUT2D eigenvalue weighted by Gasteiger charge is -2.21. The number of carbonyl (C=O) groups excluding carboxylic acids is 2. The quantitative estimate of drug-likeness (QED) is 0.103. The zero-order chi connectivity index (χ0) is 33.1. The van der Waals surface area contributed by atoms with Crippen LogP contribution in [0.25, 0.3) is 0 Å². The summed E-state index contributed by atoms with van der Waals surface area (Å²) in [4.78, 5) is 26.3. The van der Waals surface area contributed by atoms with Crippen molar-refractivity contribution in [1.29, 1.82) is 0 Å². The first-order valence-corrected chi connectivity index (χ1v) is 15.8. The van der Waals surface area contributed by atoms with Crippen LogP contribution in [0.4, 0.5) is 0 Å². The maximum atomic E-state index is 13.3. The summed E-state index contributed by atoms with van der Waals surface area (Å²) in [6, 6.07) is 23.5. The Balaban J connectivity index is 1.42. The summed E-state index contributed by atoms with van der Waals surface area (Å²) >= 11 is 24.4. The minimum absolute atomic E-state index is 0.213. The average molecular weight is 703 g/mol.